The predicted molar refractivity (Wildman–Crippen MR) is 89.1 cm³/mol. The molecule has 21 heavy (non-hydrogen) atoms. The van der Waals surface area contributed by atoms with E-state index in [0.29, 0.717) is 32.8 Å². The van der Waals surface area contributed by atoms with E-state index in [1.54, 1.807) is 6.07 Å². The third kappa shape index (κ3) is 3.91. The number of amides is 1. The van der Waals surface area contributed by atoms with Crippen LogP contribution in [-0.4, -0.2) is 37.1 Å². The minimum absolute atomic E-state index is 0.0405. The first-order chi connectivity index (χ1) is 9.81. The molecule has 0 bridgehead atoms. The van der Waals surface area contributed by atoms with Crippen molar-refractivity contribution in [2.75, 3.05) is 26.0 Å². The van der Waals surface area contributed by atoms with E-state index >= 15 is 0 Å². The molecule has 5 heteroatoms. The van der Waals surface area contributed by atoms with E-state index in [4.69, 9.17) is 23.2 Å². The molecule has 0 spiro atoms. The van der Waals surface area contributed by atoms with Crippen molar-refractivity contribution in [3.8, 4) is 0 Å². The van der Waals surface area contributed by atoms with E-state index in [9.17, 15) is 4.79 Å². The molecule has 1 amide bonds. The van der Waals surface area contributed by atoms with E-state index in [-0.39, 0.29) is 5.91 Å². The lowest BCUT2D eigenvalue weighted by atomic mass is 10.2. The van der Waals surface area contributed by atoms with Gasteiger partial charge < -0.3 is 9.80 Å². The van der Waals surface area contributed by atoms with Crippen LogP contribution in [0.4, 0.5) is 5.69 Å². The lowest BCUT2D eigenvalue weighted by Gasteiger charge is -2.35. The van der Waals surface area contributed by atoms with Gasteiger partial charge in [-0.15, -0.1) is 0 Å². The molecule has 1 N–H and O–H groups in total. The summed E-state index contributed by atoms with van der Waals surface area (Å²) in [5.41, 5.74) is 1.43. The van der Waals surface area contributed by atoms with E-state index in [1.165, 1.54) is 25.7 Å². The van der Waals surface area contributed by atoms with Gasteiger partial charge in [-0.2, -0.15) is 0 Å². The number of nitrogens with zero attached hydrogens (tertiary/aromatic N) is 1. The van der Waals surface area contributed by atoms with E-state index in [0.717, 1.165) is 5.56 Å². The van der Waals surface area contributed by atoms with Crippen molar-refractivity contribution in [1.29, 1.82) is 0 Å². The number of likely N-dealkylation sites (N-methyl/N-ethyl adjacent to an activating group) is 1. The Balaban J connectivity index is 2.07. The highest BCUT2D eigenvalue weighted by atomic mass is 35.5. The third-order valence-electron chi connectivity index (χ3n) is 4.41. The summed E-state index contributed by atoms with van der Waals surface area (Å²) in [6, 6.07) is 4.17. The van der Waals surface area contributed by atoms with Crippen LogP contribution in [0, 0.1) is 6.92 Å². The molecule has 0 heterocycles. The second-order valence-corrected chi connectivity index (χ2v) is 7.26. The third-order valence-corrected chi connectivity index (χ3v) is 5.21. The minimum atomic E-state index is -0.0405. The molecule has 1 saturated carbocycles. The van der Waals surface area contributed by atoms with Crippen LogP contribution < -0.4 is 5.32 Å². The second-order valence-electron chi connectivity index (χ2n) is 6.48. The maximum atomic E-state index is 12.4. The number of hydrogen-bond donors (Lipinski definition) is 1. The average molecular weight is 330 g/mol. The van der Waals surface area contributed by atoms with Crippen LogP contribution in [0.25, 0.3) is 0 Å². The Kier molecular flexibility index (Phi) is 5.18. The largest absolute Gasteiger partial charge is 0.319 e. The first-order valence-electron chi connectivity index (χ1n) is 7.38. The van der Waals surface area contributed by atoms with Crippen LogP contribution in [0.3, 0.4) is 0 Å². The topological polar surface area (TPSA) is 29.1 Å². The number of benzene rings is 1. The highest BCUT2D eigenvalue weighted by Gasteiger charge is 2.33. The lowest BCUT2D eigenvalue weighted by Crippen LogP contribution is -2.51. The summed E-state index contributed by atoms with van der Waals surface area (Å²) in [6.07, 6.45) is 4.94. The molecule has 1 aromatic carbocycles. The number of carbonyl (C=O) groups excluding carboxylic acids is 1. The summed E-state index contributed by atoms with van der Waals surface area (Å²) in [7, 11) is 4.24. The fraction of sp³-hybridized carbons (Fsp3) is 0.562. The van der Waals surface area contributed by atoms with Gasteiger partial charge in [0.05, 0.1) is 35.9 Å². The fourth-order valence-electron chi connectivity index (χ4n) is 3.05. The zero-order valence-corrected chi connectivity index (χ0v) is 14.4. The zero-order valence-electron chi connectivity index (χ0n) is 12.9. The Bertz CT molecular complexity index is 537. The molecule has 1 aromatic rings. The van der Waals surface area contributed by atoms with Gasteiger partial charge in [0.25, 0.3) is 5.91 Å². The zero-order chi connectivity index (χ0) is 15.6. The molecule has 0 aromatic heterocycles. The average Bonchev–Trinajstić information content (AvgIpc) is 2.93. The normalized spacial score (nSPS) is 16.2. The molecule has 116 valence electrons. The molecule has 0 atom stereocenters. The summed E-state index contributed by atoms with van der Waals surface area (Å²) >= 11 is 12.4. The maximum absolute atomic E-state index is 12.4. The fourth-order valence-corrected chi connectivity index (χ4v) is 3.52. The van der Waals surface area contributed by atoms with Gasteiger partial charge in [-0.3, -0.25) is 4.79 Å². The Morgan fingerprint density at radius 2 is 1.90 bits per heavy atom. The molecule has 1 fully saturated rings. The molecular weight excluding hydrogens is 307 g/mol. The molecule has 0 aliphatic heterocycles. The number of carbonyl (C=O) groups is 1. The number of quaternary nitrogens is 1. The van der Waals surface area contributed by atoms with Crippen LogP contribution >= 0.6 is 23.2 Å². The predicted octanol–water partition coefficient (Wildman–Crippen LogP) is 4.26. The van der Waals surface area contributed by atoms with Gasteiger partial charge in [0.2, 0.25) is 0 Å². The number of aryl methyl sites for hydroxylation is 1. The van der Waals surface area contributed by atoms with Crippen molar-refractivity contribution in [1.82, 2.24) is 0 Å². The number of hydrogen-bond acceptors (Lipinski definition) is 1. The SMILES string of the molecule is Cc1ccc(Cl)c(NC(=O)C[N+](C)(C)C2CCCC2)c1Cl. The van der Waals surface area contributed by atoms with Crippen molar-refractivity contribution in [3.63, 3.8) is 0 Å². The Hall–Kier alpha value is -0.770. The molecule has 1 aliphatic carbocycles. The Labute approximate surface area is 136 Å². The molecule has 0 unspecified atom stereocenters. The van der Waals surface area contributed by atoms with E-state index in [1.807, 2.05) is 13.0 Å². The number of anilines is 1. The van der Waals surface area contributed by atoms with Crippen molar-refractivity contribution in [2.24, 2.45) is 0 Å². The first kappa shape index (κ1) is 16.6. The van der Waals surface area contributed by atoms with Crippen LogP contribution in [0.2, 0.25) is 10.0 Å². The van der Waals surface area contributed by atoms with Crippen LogP contribution in [0.1, 0.15) is 31.2 Å². The molecular formula is C16H23Cl2N2O+. The molecule has 0 saturated heterocycles. The quantitative estimate of drug-likeness (QED) is 0.821. The van der Waals surface area contributed by atoms with Gasteiger partial charge in [0.1, 0.15) is 0 Å². The summed E-state index contributed by atoms with van der Waals surface area (Å²) in [6.45, 7) is 2.33. The van der Waals surface area contributed by atoms with Gasteiger partial charge in [0, 0.05) is 0 Å². The summed E-state index contributed by atoms with van der Waals surface area (Å²) in [5, 5.41) is 3.87. The van der Waals surface area contributed by atoms with Gasteiger partial charge in [-0.1, -0.05) is 29.3 Å². The summed E-state index contributed by atoms with van der Waals surface area (Å²) in [4.78, 5) is 12.4. The molecule has 1 aliphatic rings. The Morgan fingerprint density at radius 3 is 2.52 bits per heavy atom. The van der Waals surface area contributed by atoms with Crippen LogP contribution in [0.5, 0.6) is 0 Å². The van der Waals surface area contributed by atoms with Gasteiger partial charge in [-0.05, 0) is 44.2 Å². The number of rotatable bonds is 4. The Morgan fingerprint density at radius 1 is 1.29 bits per heavy atom. The van der Waals surface area contributed by atoms with Gasteiger partial charge in [-0.25, -0.2) is 0 Å². The van der Waals surface area contributed by atoms with Gasteiger partial charge >= 0.3 is 0 Å². The highest BCUT2D eigenvalue weighted by molar-refractivity contribution is 6.40. The number of halogens is 2. The maximum Gasteiger partial charge on any atom is 0.279 e. The van der Waals surface area contributed by atoms with Crippen molar-refractivity contribution in [3.05, 3.63) is 27.7 Å². The number of nitrogens with one attached hydrogen (secondary N) is 1. The van der Waals surface area contributed by atoms with E-state index < -0.39 is 0 Å². The molecule has 0 radical (unpaired) electrons. The minimum Gasteiger partial charge on any atom is -0.319 e. The van der Waals surface area contributed by atoms with Crippen LogP contribution in [-0.2, 0) is 4.79 Å². The van der Waals surface area contributed by atoms with Crippen molar-refractivity contribution < 1.29 is 9.28 Å². The lowest BCUT2D eigenvalue weighted by molar-refractivity contribution is -0.906. The van der Waals surface area contributed by atoms with Gasteiger partial charge in [0.15, 0.2) is 6.54 Å². The smallest absolute Gasteiger partial charge is 0.279 e. The van der Waals surface area contributed by atoms with Crippen LogP contribution in [0.15, 0.2) is 12.1 Å². The van der Waals surface area contributed by atoms with E-state index in [2.05, 4.69) is 19.4 Å². The summed E-state index contributed by atoms with van der Waals surface area (Å²) < 4.78 is 0.715. The van der Waals surface area contributed by atoms with Crippen molar-refractivity contribution in [2.45, 2.75) is 38.6 Å². The van der Waals surface area contributed by atoms with Crippen molar-refractivity contribution >= 4 is 34.8 Å². The second kappa shape index (κ2) is 6.55. The summed E-state index contributed by atoms with van der Waals surface area (Å²) in [5.74, 6) is -0.0405. The highest BCUT2D eigenvalue weighted by Crippen LogP contribution is 2.33. The monoisotopic (exact) mass is 329 g/mol. The molecule has 3 nitrogen and oxygen atoms in total. The first-order valence-corrected chi connectivity index (χ1v) is 8.14. The molecule has 2 rings (SSSR count). The standard InChI is InChI=1S/C16H22Cl2N2O/c1-11-8-9-13(17)16(15(11)18)19-14(21)10-20(2,3)12-6-4-5-7-12/h8-9,12H,4-7,10H2,1-3H3/p+1.